The Balaban J connectivity index is 2.00. The number of hydrogen-bond donors (Lipinski definition) is 1. The third kappa shape index (κ3) is 3.17. The molecule has 1 aliphatic heterocycles. The molecule has 0 aliphatic carbocycles. The number of hydrogen-bond acceptors (Lipinski definition) is 4. The van der Waals surface area contributed by atoms with Gasteiger partial charge in [-0.15, -0.1) is 0 Å². The molecule has 2 heterocycles. The molecule has 0 aromatic carbocycles. The maximum atomic E-state index is 5.74. The van der Waals surface area contributed by atoms with Crippen molar-refractivity contribution in [1.82, 2.24) is 4.98 Å². The van der Waals surface area contributed by atoms with Gasteiger partial charge in [0.1, 0.15) is 0 Å². The standard InChI is InChI=1S/C13H21N3O/c1-16(9-11-3-2-6-17-10-11)13-8-15-5-4-12(13)7-14/h4-5,8,11H,2-3,6-7,9-10,14H2,1H3. The van der Waals surface area contributed by atoms with Gasteiger partial charge in [-0.25, -0.2) is 0 Å². The van der Waals surface area contributed by atoms with Crippen molar-refractivity contribution in [2.75, 3.05) is 31.7 Å². The van der Waals surface area contributed by atoms with Crippen molar-refractivity contribution in [2.45, 2.75) is 19.4 Å². The Hall–Kier alpha value is -1.13. The molecule has 2 N–H and O–H groups in total. The minimum absolute atomic E-state index is 0.559. The van der Waals surface area contributed by atoms with Gasteiger partial charge in [0, 0.05) is 32.9 Å². The van der Waals surface area contributed by atoms with E-state index in [2.05, 4.69) is 16.9 Å². The van der Waals surface area contributed by atoms with Gasteiger partial charge in [0.25, 0.3) is 0 Å². The van der Waals surface area contributed by atoms with Crippen molar-refractivity contribution in [3.8, 4) is 0 Å². The Kier molecular flexibility index (Phi) is 4.34. The Morgan fingerprint density at radius 1 is 1.59 bits per heavy atom. The molecule has 1 fully saturated rings. The Bertz CT molecular complexity index is 350. The molecule has 0 spiro atoms. The van der Waals surface area contributed by atoms with E-state index >= 15 is 0 Å². The van der Waals surface area contributed by atoms with E-state index < -0.39 is 0 Å². The SMILES string of the molecule is CN(CC1CCCOC1)c1cnccc1CN. The first kappa shape index (κ1) is 12.3. The molecular weight excluding hydrogens is 214 g/mol. The van der Waals surface area contributed by atoms with E-state index in [9.17, 15) is 0 Å². The lowest BCUT2D eigenvalue weighted by molar-refractivity contribution is 0.0576. The van der Waals surface area contributed by atoms with Gasteiger partial charge in [-0.1, -0.05) is 0 Å². The van der Waals surface area contributed by atoms with Crippen molar-refractivity contribution in [3.05, 3.63) is 24.0 Å². The van der Waals surface area contributed by atoms with Crippen LogP contribution in [0, 0.1) is 5.92 Å². The Morgan fingerprint density at radius 2 is 2.47 bits per heavy atom. The van der Waals surface area contributed by atoms with Gasteiger partial charge in [0.15, 0.2) is 0 Å². The maximum Gasteiger partial charge on any atom is 0.0595 e. The Labute approximate surface area is 103 Å². The van der Waals surface area contributed by atoms with Gasteiger partial charge in [-0.3, -0.25) is 4.98 Å². The lowest BCUT2D eigenvalue weighted by Crippen LogP contribution is -2.31. The van der Waals surface area contributed by atoms with Gasteiger partial charge in [-0.2, -0.15) is 0 Å². The molecule has 2 rings (SSSR count). The smallest absolute Gasteiger partial charge is 0.0595 e. The van der Waals surface area contributed by atoms with Gasteiger partial charge in [0.2, 0.25) is 0 Å². The number of aromatic nitrogens is 1. The highest BCUT2D eigenvalue weighted by Gasteiger charge is 2.17. The average Bonchev–Trinajstić information content (AvgIpc) is 2.40. The van der Waals surface area contributed by atoms with E-state index in [4.69, 9.17) is 10.5 Å². The second kappa shape index (κ2) is 5.98. The van der Waals surface area contributed by atoms with Crippen molar-refractivity contribution >= 4 is 5.69 Å². The highest BCUT2D eigenvalue weighted by Crippen LogP contribution is 2.21. The number of ether oxygens (including phenoxy) is 1. The molecule has 0 amide bonds. The van der Waals surface area contributed by atoms with E-state index in [1.807, 2.05) is 12.3 Å². The van der Waals surface area contributed by atoms with E-state index in [-0.39, 0.29) is 0 Å². The van der Waals surface area contributed by atoms with Crippen LogP contribution in [-0.4, -0.2) is 31.8 Å². The lowest BCUT2D eigenvalue weighted by Gasteiger charge is -2.29. The summed E-state index contributed by atoms with van der Waals surface area (Å²) >= 11 is 0. The summed E-state index contributed by atoms with van der Waals surface area (Å²) in [6.45, 7) is 3.37. The number of rotatable bonds is 4. The summed E-state index contributed by atoms with van der Waals surface area (Å²) in [4.78, 5) is 6.42. The van der Waals surface area contributed by atoms with Crippen LogP contribution in [0.4, 0.5) is 5.69 Å². The topological polar surface area (TPSA) is 51.4 Å². The first-order chi connectivity index (χ1) is 8.31. The van der Waals surface area contributed by atoms with Gasteiger partial charge in [-0.05, 0) is 30.4 Å². The molecule has 1 aliphatic rings. The first-order valence-electron chi connectivity index (χ1n) is 6.23. The van der Waals surface area contributed by atoms with Crippen molar-refractivity contribution in [3.63, 3.8) is 0 Å². The molecule has 1 atom stereocenters. The van der Waals surface area contributed by atoms with Gasteiger partial charge < -0.3 is 15.4 Å². The molecule has 1 aromatic rings. The summed E-state index contributed by atoms with van der Waals surface area (Å²) in [5, 5.41) is 0. The highest BCUT2D eigenvalue weighted by molar-refractivity contribution is 5.50. The third-order valence-electron chi connectivity index (χ3n) is 3.31. The summed E-state index contributed by atoms with van der Waals surface area (Å²) < 4.78 is 5.51. The van der Waals surface area contributed by atoms with E-state index in [0.717, 1.165) is 31.0 Å². The normalized spacial score (nSPS) is 20.2. The van der Waals surface area contributed by atoms with Crippen molar-refractivity contribution in [1.29, 1.82) is 0 Å². The van der Waals surface area contributed by atoms with Crippen LogP contribution >= 0.6 is 0 Å². The zero-order chi connectivity index (χ0) is 12.1. The molecule has 1 unspecified atom stereocenters. The molecule has 0 bridgehead atoms. The molecule has 1 aromatic heterocycles. The largest absolute Gasteiger partial charge is 0.381 e. The van der Waals surface area contributed by atoms with Crippen LogP contribution in [0.3, 0.4) is 0 Å². The third-order valence-corrected chi connectivity index (χ3v) is 3.31. The average molecular weight is 235 g/mol. The fourth-order valence-electron chi connectivity index (χ4n) is 2.37. The van der Waals surface area contributed by atoms with Crippen molar-refractivity contribution < 1.29 is 4.74 Å². The number of nitrogens with two attached hydrogens (primary N) is 1. The maximum absolute atomic E-state index is 5.74. The number of nitrogens with zero attached hydrogens (tertiary/aromatic N) is 2. The van der Waals surface area contributed by atoms with E-state index in [0.29, 0.717) is 12.5 Å². The van der Waals surface area contributed by atoms with Crippen LogP contribution in [0.1, 0.15) is 18.4 Å². The fourth-order valence-corrected chi connectivity index (χ4v) is 2.37. The molecule has 4 heteroatoms. The quantitative estimate of drug-likeness (QED) is 0.857. The minimum atomic E-state index is 0.559. The van der Waals surface area contributed by atoms with Crippen LogP contribution in [0.2, 0.25) is 0 Å². The van der Waals surface area contributed by atoms with E-state index in [1.165, 1.54) is 12.8 Å². The lowest BCUT2D eigenvalue weighted by atomic mass is 10.0. The van der Waals surface area contributed by atoms with Gasteiger partial charge >= 0.3 is 0 Å². The number of anilines is 1. The first-order valence-corrected chi connectivity index (χ1v) is 6.23. The molecular formula is C13H21N3O. The molecule has 0 saturated carbocycles. The van der Waals surface area contributed by atoms with Crippen LogP contribution < -0.4 is 10.6 Å². The molecule has 1 saturated heterocycles. The second-order valence-electron chi connectivity index (χ2n) is 4.67. The molecule has 0 radical (unpaired) electrons. The summed E-state index contributed by atoms with van der Waals surface area (Å²) in [5.41, 5.74) is 8.03. The van der Waals surface area contributed by atoms with E-state index in [1.54, 1.807) is 6.20 Å². The van der Waals surface area contributed by atoms with Crippen molar-refractivity contribution in [2.24, 2.45) is 11.7 Å². The Morgan fingerprint density at radius 3 is 3.18 bits per heavy atom. The number of pyridine rings is 1. The predicted molar refractivity (Wildman–Crippen MR) is 68.9 cm³/mol. The summed E-state index contributed by atoms with van der Waals surface area (Å²) in [6.07, 6.45) is 6.12. The zero-order valence-electron chi connectivity index (χ0n) is 10.4. The molecule has 17 heavy (non-hydrogen) atoms. The van der Waals surface area contributed by atoms with Crippen LogP contribution in [0.25, 0.3) is 0 Å². The van der Waals surface area contributed by atoms with Crippen LogP contribution in [0.15, 0.2) is 18.5 Å². The fraction of sp³-hybridized carbons (Fsp3) is 0.615. The molecule has 94 valence electrons. The zero-order valence-corrected chi connectivity index (χ0v) is 10.4. The monoisotopic (exact) mass is 235 g/mol. The summed E-state index contributed by atoms with van der Waals surface area (Å²) in [6, 6.07) is 1.99. The summed E-state index contributed by atoms with van der Waals surface area (Å²) in [7, 11) is 2.10. The van der Waals surface area contributed by atoms with Gasteiger partial charge in [0.05, 0.1) is 18.5 Å². The highest BCUT2D eigenvalue weighted by atomic mass is 16.5. The molecule has 4 nitrogen and oxygen atoms in total. The summed E-state index contributed by atoms with van der Waals surface area (Å²) in [5.74, 6) is 0.625. The van der Waals surface area contributed by atoms with Crippen LogP contribution in [0.5, 0.6) is 0 Å². The predicted octanol–water partition coefficient (Wildman–Crippen LogP) is 1.40. The van der Waals surface area contributed by atoms with Crippen LogP contribution in [-0.2, 0) is 11.3 Å². The second-order valence-corrected chi connectivity index (χ2v) is 4.67. The minimum Gasteiger partial charge on any atom is -0.381 e.